The molecule has 2 aromatic rings. The maximum atomic E-state index is 12.8. The minimum absolute atomic E-state index is 0.0121. The lowest BCUT2D eigenvalue weighted by atomic mass is 10.2. The second-order valence-corrected chi connectivity index (χ2v) is 8.25. The zero-order valence-corrected chi connectivity index (χ0v) is 16.6. The average molecular weight is 400 g/mol. The number of amides is 1. The number of carbonyl (C=O) groups excluding carboxylic acids is 1. The van der Waals surface area contributed by atoms with E-state index in [1.165, 1.54) is 11.8 Å². The van der Waals surface area contributed by atoms with Crippen molar-refractivity contribution in [3.63, 3.8) is 0 Å². The lowest BCUT2D eigenvalue weighted by Gasteiger charge is -2.27. The van der Waals surface area contributed by atoms with E-state index in [1.54, 1.807) is 4.90 Å². The molecule has 27 heavy (non-hydrogen) atoms. The van der Waals surface area contributed by atoms with Crippen LogP contribution in [0.5, 0.6) is 0 Å². The Morgan fingerprint density at radius 2 is 1.96 bits per heavy atom. The summed E-state index contributed by atoms with van der Waals surface area (Å²) in [6, 6.07) is 11.9. The van der Waals surface area contributed by atoms with Crippen molar-refractivity contribution in [2.75, 3.05) is 39.4 Å². The SMILES string of the molecule is O=C1/C(=C\c2ccc3ccccc3n2)SC(=S)N1CCCN1CCOCC1. The van der Waals surface area contributed by atoms with Gasteiger partial charge in [0.15, 0.2) is 0 Å². The molecule has 4 rings (SSSR count). The van der Waals surface area contributed by atoms with Crippen LogP contribution in [-0.4, -0.2) is 64.4 Å². The molecule has 0 N–H and O–H groups in total. The number of pyridine rings is 1. The van der Waals surface area contributed by atoms with Gasteiger partial charge in [0.25, 0.3) is 5.91 Å². The molecule has 0 saturated carbocycles. The average Bonchev–Trinajstić information content (AvgIpc) is 2.96. The van der Waals surface area contributed by atoms with Crippen LogP contribution in [0.1, 0.15) is 12.1 Å². The molecule has 2 aliphatic rings. The lowest BCUT2D eigenvalue weighted by molar-refractivity contribution is -0.122. The Balaban J connectivity index is 1.41. The first kappa shape index (κ1) is 18.6. The summed E-state index contributed by atoms with van der Waals surface area (Å²) in [6.07, 6.45) is 2.75. The molecule has 0 aliphatic carbocycles. The monoisotopic (exact) mass is 399 g/mol. The first-order valence-corrected chi connectivity index (χ1v) is 10.3. The van der Waals surface area contributed by atoms with E-state index < -0.39 is 0 Å². The minimum atomic E-state index is -0.0121. The van der Waals surface area contributed by atoms with Gasteiger partial charge in [0.1, 0.15) is 4.32 Å². The molecule has 0 spiro atoms. The molecule has 1 aromatic carbocycles. The number of rotatable bonds is 5. The summed E-state index contributed by atoms with van der Waals surface area (Å²) < 4.78 is 6.00. The van der Waals surface area contributed by atoms with Crippen molar-refractivity contribution in [1.29, 1.82) is 0 Å². The highest BCUT2D eigenvalue weighted by Crippen LogP contribution is 2.32. The van der Waals surface area contributed by atoms with Crippen molar-refractivity contribution in [1.82, 2.24) is 14.8 Å². The van der Waals surface area contributed by atoms with E-state index in [0.717, 1.165) is 55.9 Å². The number of nitrogens with zero attached hydrogens (tertiary/aromatic N) is 3. The Morgan fingerprint density at radius 1 is 1.15 bits per heavy atom. The molecule has 0 atom stereocenters. The Hall–Kier alpha value is -1.80. The standard InChI is InChI=1S/C20H21N3O2S2/c24-19-18(14-16-7-6-15-4-1-2-5-17(15)21-16)27-20(26)23(19)9-3-8-22-10-12-25-13-11-22/h1-2,4-7,14H,3,8-13H2/b18-14+. The van der Waals surface area contributed by atoms with Crippen LogP contribution in [0.15, 0.2) is 41.3 Å². The van der Waals surface area contributed by atoms with Gasteiger partial charge in [-0.2, -0.15) is 0 Å². The summed E-state index contributed by atoms with van der Waals surface area (Å²) in [5.74, 6) is -0.0121. The third kappa shape index (κ3) is 4.38. The van der Waals surface area contributed by atoms with E-state index in [0.29, 0.717) is 15.8 Å². The number of morpholine rings is 1. The normalized spacial score (nSPS) is 20.1. The van der Waals surface area contributed by atoms with Gasteiger partial charge in [-0.25, -0.2) is 4.98 Å². The molecule has 5 nitrogen and oxygen atoms in total. The number of thioether (sulfide) groups is 1. The highest BCUT2D eigenvalue weighted by molar-refractivity contribution is 8.26. The molecule has 3 heterocycles. The van der Waals surface area contributed by atoms with Gasteiger partial charge in [-0.3, -0.25) is 14.6 Å². The zero-order valence-electron chi connectivity index (χ0n) is 15.0. The molecule has 1 aromatic heterocycles. The van der Waals surface area contributed by atoms with Crippen LogP contribution >= 0.6 is 24.0 Å². The summed E-state index contributed by atoms with van der Waals surface area (Å²) >= 11 is 6.79. The van der Waals surface area contributed by atoms with Crippen LogP contribution < -0.4 is 0 Å². The molecule has 0 radical (unpaired) electrons. The Kier molecular flexibility index (Phi) is 5.83. The van der Waals surface area contributed by atoms with Gasteiger partial charge in [0.05, 0.1) is 29.3 Å². The van der Waals surface area contributed by atoms with E-state index in [4.69, 9.17) is 17.0 Å². The summed E-state index contributed by atoms with van der Waals surface area (Å²) in [5, 5.41) is 1.09. The number of fused-ring (bicyclic) bond motifs is 1. The first-order chi connectivity index (χ1) is 13.2. The summed E-state index contributed by atoms with van der Waals surface area (Å²) in [6.45, 7) is 5.14. The fraction of sp³-hybridized carbons (Fsp3) is 0.350. The van der Waals surface area contributed by atoms with Gasteiger partial charge in [-0.05, 0) is 24.6 Å². The van der Waals surface area contributed by atoms with E-state index in [9.17, 15) is 4.79 Å². The number of para-hydroxylation sites is 1. The van der Waals surface area contributed by atoms with Crippen molar-refractivity contribution < 1.29 is 9.53 Å². The number of aromatic nitrogens is 1. The molecule has 2 saturated heterocycles. The number of carbonyl (C=O) groups is 1. The molecular weight excluding hydrogens is 378 g/mol. The minimum Gasteiger partial charge on any atom is -0.379 e. The molecule has 140 valence electrons. The second-order valence-electron chi connectivity index (χ2n) is 6.57. The topological polar surface area (TPSA) is 45.7 Å². The van der Waals surface area contributed by atoms with Crippen molar-refractivity contribution >= 4 is 51.2 Å². The van der Waals surface area contributed by atoms with Crippen LogP contribution in [0.3, 0.4) is 0 Å². The largest absolute Gasteiger partial charge is 0.379 e. The second kappa shape index (κ2) is 8.48. The third-order valence-electron chi connectivity index (χ3n) is 4.73. The highest BCUT2D eigenvalue weighted by atomic mass is 32.2. The summed E-state index contributed by atoms with van der Waals surface area (Å²) in [4.78, 5) is 22.1. The quantitative estimate of drug-likeness (QED) is 0.569. The number of thiocarbonyl (C=S) groups is 1. The van der Waals surface area contributed by atoms with E-state index in [1.807, 2.05) is 42.5 Å². The lowest BCUT2D eigenvalue weighted by Crippen LogP contribution is -2.38. The maximum Gasteiger partial charge on any atom is 0.266 e. The van der Waals surface area contributed by atoms with Crippen molar-refractivity contribution in [3.8, 4) is 0 Å². The molecule has 0 unspecified atom stereocenters. The Labute approximate surface area is 168 Å². The van der Waals surface area contributed by atoms with E-state index in [2.05, 4.69) is 9.88 Å². The predicted octanol–water partition coefficient (Wildman–Crippen LogP) is 3.16. The maximum absolute atomic E-state index is 12.8. The molecule has 2 fully saturated rings. The van der Waals surface area contributed by atoms with Crippen molar-refractivity contribution in [2.45, 2.75) is 6.42 Å². The molecular formula is C20H21N3O2S2. The van der Waals surface area contributed by atoms with Gasteiger partial charge >= 0.3 is 0 Å². The smallest absolute Gasteiger partial charge is 0.266 e. The van der Waals surface area contributed by atoms with Gasteiger partial charge < -0.3 is 4.74 Å². The Morgan fingerprint density at radius 3 is 2.81 bits per heavy atom. The van der Waals surface area contributed by atoms with Crippen LogP contribution in [0.2, 0.25) is 0 Å². The van der Waals surface area contributed by atoms with E-state index in [-0.39, 0.29) is 5.91 Å². The van der Waals surface area contributed by atoms with Gasteiger partial charge in [0.2, 0.25) is 0 Å². The zero-order chi connectivity index (χ0) is 18.6. The molecule has 2 aliphatic heterocycles. The van der Waals surface area contributed by atoms with Crippen LogP contribution in [0.4, 0.5) is 0 Å². The number of hydrogen-bond donors (Lipinski definition) is 0. The third-order valence-corrected chi connectivity index (χ3v) is 6.11. The predicted molar refractivity (Wildman–Crippen MR) is 113 cm³/mol. The first-order valence-electron chi connectivity index (χ1n) is 9.12. The van der Waals surface area contributed by atoms with Crippen molar-refractivity contribution in [2.24, 2.45) is 0 Å². The fourth-order valence-electron chi connectivity index (χ4n) is 3.27. The summed E-state index contributed by atoms with van der Waals surface area (Å²) in [5.41, 5.74) is 1.70. The fourth-order valence-corrected chi connectivity index (χ4v) is 4.56. The molecule has 1 amide bonds. The van der Waals surface area contributed by atoms with Gasteiger partial charge in [-0.1, -0.05) is 48.2 Å². The van der Waals surface area contributed by atoms with Gasteiger partial charge in [-0.15, -0.1) is 0 Å². The molecule has 7 heteroatoms. The molecule has 0 bridgehead atoms. The highest BCUT2D eigenvalue weighted by Gasteiger charge is 2.31. The van der Waals surface area contributed by atoms with Crippen LogP contribution in [-0.2, 0) is 9.53 Å². The van der Waals surface area contributed by atoms with Crippen LogP contribution in [0.25, 0.3) is 17.0 Å². The number of hydrogen-bond acceptors (Lipinski definition) is 6. The van der Waals surface area contributed by atoms with Gasteiger partial charge in [0, 0.05) is 31.6 Å². The van der Waals surface area contributed by atoms with E-state index >= 15 is 0 Å². The van der Waals surface area contributed by atoms with Crippen LogP contribution in [0, 0.1) is 0 Å². The number of ether oxygens (including phenoxy) is 1. The summed E-state index contributed by atoms with van der Waals surface area (Å²) in [7, 11) is 0. The number of benzene rings is 1. The Bertz CT molecular complexity index is 894. The van der Waals surface area contributed by atoms with Crippen molar-refractivity contribution in [3.05, 3.63) is 47.0 Å².